The van der Waals surface area contributed by atoms with Crippen LogP contribution in [0.2, 0.25) is 5.02 Å². The molecule has 0 unspecified atom stereocenters. The normalized spacial score (nSPS) is 10.7. The van der Waals surface area contributed by atoms with Crippen molar-refractivity contribution in [1.29, 1.82) is 0 Å². The summed E-state index contributed by atoms with van der Waals surface area (Å²) in [6.45, 7) is 0. The molecule has 0 fully saturated rings. The molecule has 0 aliphatic carbocycles. The molecular weight excluding hydrogens is 304 g/mol. The molecule has 0 aliphatic heterocycles. The second-order valence-corrected chi connectivity index (χ2v) is 5.04. The molecule has 0 atom stereocenters. The topological polar surface area (TPSA) is 48.7 Å². The van der Waals surface area contributed by atoms with E-state index in [1.165, 1.54) is 20.5 Å². The molecule has 0 amide bonds. The van der Waals surface area contributed by atoms with Crippen LogP contribution in [0.5, 0.6) is 11.5 Å². The van der Waals surface area contributed by atoms with Gasteiger partial charge < -0.3 is 13.9 Å². The van der Waals surface area contributed by atoms with Crippen molar-refractivity contribution >= 4 is 22.6 Å². The van der Waals surface area contributed by atoms with Crippen molar-refractivity contribution in [3.63, 3.8) is 0 Å². The summed E-state index contributed by atoms with van der Waals surface area (Å²) in [5.74, 6) is 0.895. The van der Waals surface area contributed by atoms with Gasteiger partial charge in [0.1, 0.15) is 6.26 Å². The Morgan fingerprint density at radius 2 is 1.77 bits per heavy atom. The van der Waals surface area contributed by atoms with Gasteiger partial charge in [0.15, 0.2) is 11.3 Å². The van der Waals surface area contributed by atoms with Gasteiger partial charge in [-0.3, -0.25) is 4.79 Å². The highest BCUT2D eigenvalue weighted by Gasteiger charge is 2.17. The first-order valence-electron chi connectivity index (χ1n) is 6.58. The number of benzene rings is 2. The molecule has 4 nitrogen and oxygen atoms in total. The van der Waals surface area contributed by atoms with Crippen molar-refractivity contribution in [2.24, 2.45) is 0 Å². The largest absolute Gasteiger partial charge is 0.493 e. The van der Waals surface area contributed by atoms with Crippen molar-refractivity contribution in [2.75, 3.05) is 14.2 Å². The number of methoxy groups -OCH3 is 2. The molecule has 22 heavy (non-hydrogen) atoms. The van der Waals surface area contributed by atoms with Crippen LogP contribution in [0.1, 0.15) is 0 Å². The SMILES string of the molecule is COc1ccc2c(=O)c(-c3ccccc3Cl)coc2c1OC. The lowest BCUT2D eigenvalue weighted by molar-refractivity contribution is 0.353. The molecule has 2 aromatic carbocycles. The fourth-order valence-electron chi connectivity index (χ4n) is 2.38. The maximum Gasteiger partial charge on any atom is 0.204 e. The maximum absolute atomic E-state index is 12.7. The van der Waals surface area contributed by atoms with Crippen LogP contribution in [0.25, 0.3) is 22.1 Å². The van der Waals surface area contributed by atoms with E-state index in [1.54, 1.807) is 24.3 Å². The Morgan fingerprint density at radius 3 is 2.45 bits per heavy atom. The Bertz CT molecular complexity index is 899. The van der Waals surface area contributed by atoms with Crippen molar-refractivity contribution < 1.29 is 13.9 Å². The van der Waals surface area contributed by atoms with Gasteiger partial charge in [0, 0.05) is 10.6 Å². The molecule has 0 saturated heterocycles. The maximum atomic E-state index is 12.7. The molecule has 3 aromatic rings. The van der Waals surface area contributed by atoms with Crippen LogP contribution in [0.3, 0.4) is 0 Å². The monoisotopic (exact) mass is 316 g/mol. The molecule has 1 aromatic heterocycles. The highest BCUT2D eigenvalue weighted by Crippen LogP contribution is 2.35. The Kier molecular flexibility index (Phi) is 3.77. The van der Waals surface area contributed by atoms with E-state index in [0.29, 0.717) is 38.6 Å². The number of ether oxygens (including phenoxy) is 2. The van der Waals surface area contributed by atoms with Gasteiger partial charge in [-0.05, 0) is 18.2 Å². The van der Waals surface area contributed by atoms with E-state index < -0.39 is 0 Å². The lowest BCUT2D eigenvalue weighted by Crippen LogP contribution is -2.06. The van der Waals surface area contributed by atoms with Crippen LogP contribution in [0, 0.1) is 0 Å². The number of rotatable bonds is 3. The third-order valence-electron chi connectivity index (χ3n) is 3.45. The van der Waals surface area contributed by atoms with E-state index in [4.69, 9.17) is 25.5 Å². The number of fused-ring (bicyclic) bond motifs is 1. The molecule has 0 N–H and O–H groups in total. The number of hydrogen-bond acceptors (Lipinski definition) is 4. The summed E-state index contributed by atoms with van der Waals surface area (Å²) in [5, 5.41) is 0.907. The average Bonchev–Trinajstić information content (AvgIpc) is 2.55. The molecule has 5 heteroatoms. The van der Waals surface area contributed by atoms with Gasteiger partial charge in [0.05, 0.1) is 25.2 Å². The van der Waals surface area contributed by atoms with Gasteiger partial charge in [-0.15, -0.1) is 0 Å². The summed E-state index contributed by atoms with van der Waals surface area (Å²) >= 11 is 6.16. The molecule has 112 valence electrons. The summed E-state index contributed by atoms with van der Waals surface area (Å²) in [6, 6.07) is 10.5. The number of hydrogen-bond donors (Lipinski definition) is 0. The van der Waals surface area contributed by atoms with Crippen LogP contribution >= 0.6 is 11.6 Å². The standard InChI is InChI=1S/C17H13ClO4/c1-20-14-8-7-11-15(19)12(9-22-16(11)17(14)21-2)10-5-3-4-6-13(10)18/h3-9H,1-2H3. The Hall–Kier alpha value is -2.46. The lowest BCUT2D eigenvalue weighted by atomic mass is 10.1. The zero-order chi connectivity index (χ0) is 15.7. The Labute approximate surface area is 131 Å². The molecule has 0 aliphatic rings. The summed E-state index contributed by atoms with van der Waals surface area (Å²) in [5.41, 5.74) is 1.22. The molecule has 0 radical (unpaired) electrons. The van der Waals surface area contributed by atoms with Crippen molar-refractivity contribution in [3.8, 4) is 22.6 Å². The van der Waals surface area contributed by atoms with Crippen LogP contribution < -0.4 is 14.9 Å². The fraction of sp³-hybridized carbons (Fsp3) is 0.118. The molecule has 0 saturated carbocycles. The second-order valence-electron chi connectivity index (χ2n) is 4.64. The van der Waals surface area contributed by atoms with Crippen molar-refractivity contribution in [2.45, 2.75) is 0 Å². The zero-order valence-electron chi connectivity index (χ0n) is 12.1. The van der Waals surface area contributed by atoms with Crippen molar-refractivity contribution in [1.82, 2.24) is 0 Å². The van der Waals surface area contributed by atoms with Crippen LogP contribution in [-0.2, 0) is 0 Å². The van der Waals surface area contributed by atoms with E-state index in [0.717, 1.165) is 0 Å². The minimum Gasteiger partial charge on any atom is -0.493 e. The Morgan fingerprint density at radius 1 is 1.00 bits per heavy atom. The van der Waals surface area contributed by atoms with Gasteiger partial charge in [-0.1, -0.05) is 29.8 Å². The van der Waals surface area contributed by atoms with Gasteiger partial charge in [0.25, 0.3) is 0 Å². The Balaban J connectivity index is 2.32. The second kappa shape index (κ2) is 5.73. The van der Waals surface area contributed by atoms with Gasteiger partial charge in [0.2, 0.25) is 11.2 Å². The minimum atomic E-state index is -0.171. The first kappa shape index (κ1) is 14.5. The lowest BCUT2D eigenvalue weighted by Gasteiger charge is -2.10. The molecule has 0 spiro atoms. The highest BCUT2D eigenvalue weighted by molar-refractivity contribution is 6.33. The molecule has 0 bridgehead atoms. The summed E-state index contributed by atoms with van der Waals surface area (Å²) in [4.78, 5) is 12.7. The van der Waals surface area contributed by atoms with Gasteiger partial charge in [-0.2, -0.15) is 0 Å². The highest BCUT2D eigenvalue weighted by atomic mass is 35.5. The first-order chi connectivity index (χ1) is 10.7. The third-order valence-corrected chi connectivity index (χ3v) is 3.78. The van der Waals surface area contributed by atoms with Crippen molar-refractivity contribution in [3.05, 3.63) is 57.9 Å². The van der Waals surface area contributed by atoms with Crippen LogP contribution in [0.15, 0.2) is 51.9 Å². The third kappa shape index (κ3) is 2.22. The van der Waals surface area contributed by atoms with Gasteiger partial charge >= 0.3 is 0 Å². The predicted octanol–water partition coefficient (Wildman–Crippen LogP) is 4.13. The average molecular weight is 317 g/mol. The van der Waals surface area contributed by atoms with E-state index in [1.807, 2.05) is 12.1 Å². The zero-order valence-corrected chi connectivity index (χ0v) is 12.8. The first-order valence-corrected chi connectivity index (χ1v) is 6.96. The fourth-order valence-corrected chi connectivity index (χ4v) is 2.61. The minimum absolute atomic E-state index is 0.171. The van der Waals surface area contributed by atoms with E-state index in [-0.39, 0.29) is 5.43 Å². The van der Waals surface area contributed by atoms with Gasteiger partial charge in [-0.25, -0.2) is 0 Å². The quantitative estimate of drug-likeness (QED) is 0.729. The molecule has 1 heterocycles. The summed E-state index contributed by atoms with van der Waals surface area (Å²) in [6.07, 6.45) is 1.40. The smallest absolute Gasteiger partial charge is 0.204 e. The summed E-state index contributed by atoms with van der Waals surface area (Å²) < 4.78 is 16.1. The van der Waals surface area contributed by atoms with E-state index in [2.05, 4.69) is 0 Å². The molecular formula is C17H13ClO4. The predicted molar refractivity (Wildman–Crippen MR) is 86.0 cm³/mol. The molecule has 3 rings (SSSR count). The van der Waals surface area contributed by atoms with Crippen LogP contribution in [-0.4, -0.2) is 14.2 Å². The van der Waals surface area contributed by atoms with E-state index in [9.17, 15) is 4.79 Å². The van der Waals surface area contributed by atoms with E-state index >= 15 is 0 Å². The number of halogens is 1. The van der Waals surface area contributed by atoms with Crippen LogP contribution in [0.4, 0.5) is 0 Å². The summed E-state index contributed by atoms with van der Waals surface area (Å²) in [7, 11) is 3.03.